The molecule has 1 aliphatic rings. The quantitative estimate of drug-likeness (QED) is 0.670. The first-order valence-electron chi connectivity index (χ1n) is 4.31. The minimum Gasteiger partial charge on any atom is -0.330 e. The highest BCUT2D eigenvalue weighted by atomic mass is 19.1. The van der Waals surface area contributed by atoms with E-state index in [1.54, 1.807) is 6.92 Å². The molecule has 0 aromatic heterocycles. The van der Waals surface area contributed by atoms with Gasteiger partial charge in [0.2, 0.25) is 0 Å². The Morgan fingerprint density at radius 3 is 2.09 bits per heavy atom. The summed E-state index contributed by atoms with van der Waals surface area (Å²) in [4.78, 5) is 0. The summed E-state index contributed by atoms with van der Waals surface area (Å²) in [6.45, 7) is 5.94. The fraction of sp³-hybridized carbons (Fsp3) is 1.00. The third-order valence-electron chi connectivity index (χ3n) is 3.18. The summed E-state index contributed by atoms with van der Waals surface area (Å²) in [5, 5.41) is 0. The van der Waals surface area contributed by atoms with Crippen molar-refractivity contribution in [2.45, 2.75) is 39.3 Å². The van der Waals surface area contributed by atoms with Crippen LogP contribution in [0.4, 0.5) is 4.39 Å². The summed E-state index contributed by atoms with van der Waals surface area (Å²) >= 11 is 0. The number of nitrogens with two attached hydrogens (primary N) is 1. The van der Waals surface area contributed by atoms with Crippen molar-refractivity contribution in [3.63, 3.8) is 0 Å². The molecular formula is C9H18FN. The van der Waals surface area contributed by atoms with Crippen molar-refractivity contribution in [2.24, 2.45) is 17.1 Å². The minimum atomic E-state index is -1.07. The average molecular weight is 159 g/mol. The first kappa shape index (κ1) is 8.98. The van der Waals surface area contributed by atoms with Crippen LogP contribution in [-0.4, -0.2) is 12.2 Å². The maximum Gasteiger partial charge on any atom is 0.117 e. The fourth-order valence-electron chi connectivity index (χ4n) is 1.38. The van der Waals surface area contributed by atoms with Gasteiger partial charge in [-0.3, -0.25) is 0 Å². The molecule has 1 aliphatic carbocycles. The molecule has 2 heteroatoms. The van der Waals surface area contributed by atoms with Crippen LogP contribution in [0, 0.1) is 11.3 Å². The third kappa shape index (κ3) is 1.41. The lowest BCUT2D eigenvalue weighted by Crippen LogP contribution is -2.44. The molecule has 1 unspecified atom stereocenters. The summed E-state index contributed by atoms with van der Waals surface area (Å²) in [6, 6.07) is 0. The van der Waals surface area contributed by atoms with Gasteiger partial charge in [-0.2, -0.15) is 0 Å². The summed E-state index contributed by atoms with van der Waals surface area (Å²) in [7, 11) is 0. The normalized spacial score (nSPS) is 24.8. The molecule has 0 saturated heterocycles. The monoisotopic (exact) mass is 159 g/mol. The first-order valence-corrected chi connectivity index (χ1v) is 4.31. The highest BCUT2D eigenvalue weighted by molar-refractivity contribution is 5.01. The maximum absolute atomic E-state index is 14.0. The van der Waals surface area contributed by atoms with Crippen LogP contribution in [0.2, 0.25) is 0 Å². The van der Waals surface area contributed by atoms with Crippen LogP contribution in [0.25, 0.3) is 0 Å². The summed E-state index contributed by atoms with van der Waals surface area (Å²) in [6.07, 6.45) is 2.08. The Morgan fingerprint density at radius 2 is 1.82 bits per heavy atom. The number of rotatable bonds is 3. The minimum absolute atomic E-state index is 0.265. The van der Waals surface area contributed by atoms with Crippen molar-refractivity contribution in [3.05, 3.63) is 0 Å². The Hall–Kier alpha value is -0.110. The SMILES string of the molecule is CC(C)(CN)C(C)(F)C1CC1. The number of hydrogen-bond donors (Lipinski definition) is 1. The van der Waals surface area contributed by atoms with Gasteiger partial charge in [0.25, 0.3) is 0 Å². The van der Waals surface area contributed by atoms with E-state index in [0.29, 0.717) is 6.54 Å². The highest BCUT2D eigenvalue weighted by Gasteiger charge is 2.51. The summed E-state index contributed by atoms with van der Waals surface area (Å²) in [5.74, 6) is 0.265. The van der Waals surface area contributed by atoms with Gasteiger partial charge in [-0.1, -0.05) is 13.8 Å². The molecule has 0 heterocycles. The van der Waals surface area contributed by atoms with E-state index in [0.717, 1.165) is 12.8 Å². The fourth-order valence-corrected chi connectivity index (χ4v) is 1.38. The van der Waals surface area contributed by atoms with Gasteiger partial charge >= 0.3 is 0 Å². The number of halogens is 1. The van der Waals surface area contributed by atoms with Gasteiger partial charge in [0.15, 0.2) is 0 Å². The molecule has 0 radical (unpaired) electrons. The second-order valence-corrected chi connectivity index (χ2v) is 4.44. The molecule has 1 fully saturated rings. The molecule has 1 saturated carbocycles. The van der Waals surface area contributed by atoms with Crippen molar-refractivity contribution < 1.29 is 4.39 Å². The van der Waals surface area contributed by atoms with Crippen LogP contribution in [0.3, 0.4) is 0 Å². The zero-order chi connectivity index (χ0) is 8.70. The molecule has 0 aromatic carbocycles. The molecule has 0 amide bonds. The summed E-state index contributed by atoms with van der Waals surface area (Å²) < 4.78 is 14.0. The zero-order valence-corrected chi connectivity index (χ0v) is 7.65. The van der Waals surface area contributed by atoms with Crippen molar-refractivity contribution in [3.8, 4) is 0 Å². The first-order chi connectivity index (χ1) is 4.92. The van der Waals surface area contributed by atoms with Crippen molar-refractivity contribution >= 4 is 0 Å². The highest BCUT2D eigenvalue weighted by Crippen LogP contribution is 2.50. The molecule has 1 atom stereocenters. The predicted octanol–water partition coefficient (Wildman–Crippen LogP) is 2.11. The van der Waals surface area contributed by atoms with Crippen LogP contribution in [0.15, 0.2) is 0 Å². The molecule has 1 rings (SSSR count). The van der Waals surface area contributed by atoms with Crippen LogP contribution in [-0.2, 0) is 0 Å². The van der Waals surface area contributed by atoms with E-state index in [9.17, 15) is 4.39 Å². The largest absolute Gasteiger partial charge is 0.330 e. The Bertz CT molecular complexity index is 148. The van der Waals surface area contributed by atoms with Crippen LogP contribution in [0.5, 0.6) is 0 Å². The van der Waals surface area contributed by atoms with E-state index in [2.05, 4.69) is 0 Å². The zero-order valence-electron chi connectivity index (χ0n) is 7.65. The lowest BCUT2D eigenvalue weighted by molar-refractivity contribution is 0.0186. The molecule has 2 N–H and O–H groups in total. The molecular weight excluding hydrogens is 141 g/mol. The Balaban J connectivity index is 2.68. The molecule has 11 heavy (non-hydrogen) atoms. The smallest absolute Gasteiger partial charge is 0.117 e. The van der Waals surface area contributed by atoms with E-state index in [-0.39, 0.29) is 11.3 Å². The lowest BCUT2D eigenvalue weighted by Gasteiger charge is -2.37. The van der Waals surface area contributed by atoms with Gasteiger partial charge in [-0.05, 0) is 25.7 Å². The Morgan fingerprint density at radius 1 is 1.36 bits per heavy atom. The molecule has 0 spiro atoms. The van der Waals surface area contributed by atoms with Crippen LogP contribution < -0.4 is 5.73 Å². The predicted molar refractivity (Wildman–Crippen MR) is 45.1 cm³/mol. The van der Waals surface area contributed by atoms with E-state index in [1.807, 2.05) is 13.8 Å². The van der Waals surface area contributed by atoms with Crippen molar-refractivity contribution in [1.82, 2.24) is 0 Å². The average Bonchev–Trinajstić information content (AvgIpc) is 2.68. The van der Waals surface area contributed by atoms with E-state index in [4.69, 9.17) is 5.73 Å². The van der Waals surface area contributed by atoms with Crippen LogP contribution >= 0.6 is 0 Å². The van der Waals surface area contributed by atoms with Gasteiger partial charge in [0.1, 0.15) is 5.67 Å². The lowest BCUT2D eigenvalue weighted by atomic mass is 9.74. The van der Waals surface area contributed by atoms with Crippen LogP contribution in [0.1, 0.15) is 33.6 Å². The Labute approximate surface area is 68.2 Å². The second kappa shape index (κ2) is 2.44. The number of hydrogen-bond acceptors (Lipinski definition) is 1. The molecule has 1 nitrogen and oxygen atoms in total. The molecule has 0 aliphatic heterocycles. The molecule has 66 valence electrons. The number of alkyl halides is 1. The van der Waals surface area contributed by atoms with Gasteiger partial charge in [-0.25, -0.2) is 4.39 Å². The van der Waals surface area contributed by atoms with Gasteiger partial charge in [-0.15, -0.1) is 0 Å². The third-order valence-corrected chi connectivity index (χ3v) is 3.18. The molecule has 0 bridgehead atoms. The van der Waals surface area contributed by atoms with E-state index in [1.165, 1.54) is 0 Å². The van der Waals surface area contributed by atoms with Crippen molar-refractivity contribution in [2.75, 3.05) is 6.54 Å². The van der Waals surface area contributed by atoms with Gasteiger partial charge in [0, 0.05) is 12.0 Å². The van der Waals surface area contributed by atoms with Gasteiger partial charge < -0.3 is 5.73 Å². The summed E-state index contributed by atoms with van der Waals surface area (Å²) in [5.41, 5.74) is 4.08. The topological polar surface area (TPSA) is 26.0 Å². The van der Waals surface area contributed by atoms with Crippen molar-refractivity contribution in [1.29, 1.82) is 0 Å². The Kier molecular flexibility index (Phi) is 1.99. The maximum atomic E-state index is 14.0. The van der Waals surface area contributed by atoms with Gasteiger partial charge in [0.05, 0.1) is 0 Å². The molecule has 0 aromatic rings. The van der Waals surface area contributed by atoms with E-state index < -0.39 is 5.67 Å². The second-order valence-electron chi connectivity index (χ2n) is 4.44. The van der Waals surface area contributed by atoms with E-state index >= 15 is 0 Å². The standard InChI is InChI=1S/C9H18FN/c1-8(2,6-11)9(3,10)7-4-5-7/h7H,4-6,11H2,1-3H3.